The van der Waals surface area contributed by atoms with Crippen molar-refractivity contribution in [3.8, 4) is 0 Å². The van der Waals surface area contributed by atoms with Gasteiger partial charge < -0.3 is 15.6 Å². The molecule has 2 aromatic rings. The van der Waals surface area contributed by atoms with Gasteiger partial charge in [0.1, 0.15) is 0 Å². The smallest absolute Gasteiger partial charge is 0.0703 e. The maximum atomic E-state index is 8.57. The fraction of sp³-hybridized carbons (Fsp3) is 0.364. The Morgan fingerprint density at radius 1 is 1.38 bits per heavy atom. The molecule has 0 spiro atoms. The van der Waals surface area contributed by atoms with E-state index in [9.17, 15) is 0 Å². The molecule has 0 aliphatic heterocycles. The zero-order chi connectivity index (χ0) is 11.4. The number of aliphatic hydroxyl groups excluding tert-OH is 1. The zero-order valence-electron chi connectivity index (χ0n) is 8.97. The number of ether oxygens (including phenoxy) is 1. The third-order valence-electron chi connectivity index (χ3n) is 2.35. The molecule has 0 radical (unpaired) electrons. The summed E-state index contributed by atoms with van der Waals surface area (Å²) in [5, 5.41) is 13.9. The van der Waals surface area contributed by atoms with Crippen LogP contribution in [0.15, 0.2) is 24.4 Å². The molecule has 0 amide bonds. The second-order valence-corrected chi connectivity index (χ2v) is 3.52. The predicted molar refractivity (Wildman–Crippen MR) is 62.1 cm³/mol. The molecule has 0 fully saturated rings. The quantitative estimate of drug-likeness (QED) is 0.573. The van der Waals surface area contributed by atoms with Gasteiger partial charge in [-0.2, -0.15) is 5.10 Å². The number of hydrogen-bond acceptors (Lipinski definition) is 4. The first-order valence-corrected chi connectivity index (χ1v) is 5.21. The van der Waals surface area contributed by atoms with Gasteiger partial charge in [0.05, 0.1) is 38.1 Å². The molecule has 16 heavy (non-hydrogen) atoms. The minimum atomic E-state index is 0.0484. The van der Waals surface area contributed by atoms with Crippen LogP contribution in [0.2, 0.25) is 0 Å². The Morgan fingerprint density at radius 3 is 3.06 bits per heavy atom. The summed E-state index contributed by atoms with van der Waals surface area (Å²) in [6.45, 7) is 1.60. The Kier molecular flexibility index (Phi) is 3.38. The van der Waals surface area contributed by atoms with Crippen LogP contribution >= 0.6 is 0 Å². The molecular weight excluding hydrogens is 206 g/mol. The van der Waals surface area contributed by atoms with Crippen molar-refractivity contribution in [3.63, 3.8) is 0 Å². The second-order valence-electron chi connectivity index (χ2n) is 3.52. The number of nitrogen functional groups attached to an aromatic ring is 1. The maximum absolute atomic E-state index is 8.57. The van der Waals surface area contributed by atoms with Crippen molar-refractivity contribution in [1.82, 2.24) is 9.78 Å². The lowest BCUT2D eigenvalue weighted by atomic mass is 10.2. The van der Waals surface area contributed by atoms with E-state index >= 15 is 0 Å². The van der Waals surface area contributed by atoms with Crippen LogP contribution in [0.3, 0.4) is 0 Å². The maximum Gasteiger partial charge on any atom is 0.0703 e. The Bertz CT molecular complexity index is 467. The Balaban J connectivity index is 2.09. The average molecular weight is 221 g/mol. The summed E-state index contributed by atoms with van der Waals surface area (Å²) in [7, 11) is 0. The van der Waals surface area contributed by atoms with Crippen LogP contribution in [-0.2, 0) is 11.3 Å². The first-order chi connectivity index (χ1) is 7.81. The number of rotatable bonds is 5. The van der Waals surface area contributed by atoms with Gasteiger partial charge in [-0.3, -0.25) is 4.68 Å². The summed E-state index contributed by atoms with van der Waals surface area (Å²) >= 11 is 0. The van der Waals surface area contributed by atoms with E-state index < -0.39 is 0 Å². The first kappa shape index (κ1) is 10.9. The summed E-state index contributed by atoms with van der Waals surface area (Å²) in [5.41, 5.74) is 7.46. The number of nitrogens with two attached hydrogens (primary N) is 1. The van der Waals surface area contributed by atoms with E-state index in [2.05, 4.69) is 5.10 Å². The van der Waals surface area contributed by atoms with Crippen molar-refractivity contribution < 1.29 is 9.84 Å². The number of aromatic nitrogens is 2. The molecule has 0 saturated heterocycles. The van der Waals surface area contributed by atoms with Crippen LogP contribution in [0.5, 0.6) is 0 Å². The lowest BCUT2D eigenvalue weighted by Crippen LogP contribution is -2.09. The van der Waals surface area contributed by atoms with Crippen LogP contribution < -0.4 is 5.73 Å². The molecule has 3 N–H and O–H groups in total. The van der Waals surface area contributed by atoms with Crippen LogP contribution in [0.1, 0.15) is 0 Å². The summed E-state index contributed by atoms with van der Waals surface area (Å²) in [6, 6.07) is 5.70. The van der Waals surface area contributed by atoms with Crippen LogP contribution in [0, 0.1) is 0 Å². The highest BCUT2D eigenvalue weighted by Crippen LogP contribution is 2.16. The van der Waals surface area contributed by atoms with Gasteiger partial charge in [0, 0.05) is 11.1 Å². The molecule has 0 unspecified atom stereocenters. The van der Waals surface area contributed by atoms with Crippen molar-refractivity contribution >= 4 is 16.6 Å². The van der Waals surface area contributed by atoms with E-state index in [0.29, 0.717) is 19.8 Å². The highest BCUT2D eigenvalue weighted by molar-refractivity contribution is 5.81. The summed E-state index contributed by atoms with van der Waals surface area (Å²) in [4.78, 5) is 0. The Morgan fingerprint density at radius 2 is 2.25 bits per heavy atom. The molecule has 0 atom stereocenters. The zero-order valence-corrected chi connectivity index (χ0v) is 8.97. The minimum Gasteiger partial charge on any atom is -0.399 e. The van der Waals surface area contributed by atoms with Crippen molar-refractivity contribution in [2.24, 2.45) is 0 Å². The third kappa shape index (κ3) is 2.32. The molecule has 86 valence electrons. The SMILES string of the molecule is Nc1ccc2cnn(CCOCCO)c2c1. The highest BCUT2D eigenvalue weighted by Gasteiger charge is 2.02. The van der Waals surface area contributed by atoms with Gasteiger partial charge in [-0.15, -0.1) is 0 Å². The monoisotopic (exact) mass is 221 g/mol. The number of nitrogens with zero attached hydrogens (tertiary/aromatic N) is 2. The van der Waals surface area contributed by atoms with Crippen LogP contribution in [0.4, 0.5) is 5.69 Å². The van der Waals surface area contributed by atoms with Gasteiger partial charge in [-0.1, -0.05) is 0 Å². The molecule has 0 saturated carbocycles. The summed E-state index contributed by atoms with van der Waals surface area (Å²) < 4.78 is 7.04. The lowest BCUT2D eigenvalue weighted by molar-refractivity contribution is 0.0860. The van der Waals surface area contributed by atoms with E-state index in [4.69, 9.17) is 15.6 Å². The minimum absolute atomic E-state index is 0.0484. The van der Waals surface area contributed by atoms with Gasteiger partial charge in [-0.25, -0.2) is 0 Å². The van der Waals surface area contributed by atoms with Crippen molar-refractivity contribution in [3.05, 3.63) is 24.4 Å². The van der Waals surface area contributed by atoms with Crippen LogP contribution in [0.25, 0.3) is 10.9 Å². The highest BCUT2D eigenvalue weighted by atomic mass is 16.5. The molecule has 0 aliphatic rings. The van der Waals surface area contributed by atoms with Gasteiger partial charge in [0.2, 0.25) is 0 Å². The van der Waals surface area contributed by atoms with E-state index in [-0.39, 0.29) is 6.61 Å². The van der Waals surface area contributed by atoms with E-state index in [1.54, 1.807) is 6.20 Å². The molecule has 1 aromatic carbocycles. The number of anilines is 1. The second kappa shape index (κ2) is 4.96. The van der Waals surface area contributed by atoms with E-state index in [1.165, 1.54) is 0 Å². The van der Waals surface area contributed by atoms with E-state index in [1.807, 2.05) is 22.9 Å². The van der Waals surface area contributed by atoms with Crippen LogP contribution in [-0.4, -0.2) is 34.7 Å². The number of benzene rings is 1. The predicted octanol–water partition coefficient (Wildman–Crippen LogP) is 0.627. The van der Waals surface area contributed by atoms with Gasteiger partial charge in [0.15, 0.2) is 0 Å². The van der Waals surface area contributed by atoms with E-state index in [0.717, 1.165) is 16.6 Å². The Hall–Kier alpha value is -1.59. The number of fused-ring (bicyclic) bond motifs is 1. The number of aliphatic hydroxyl groups is 1. The van der Waals surface area contributed by atoms with Crippen molar-refractivity contribution in [2.45, 2.75) is 6.54 Å². The molecule has 2 rings (SSSR count). The topological polar surface area (TPSA) is 73.3 Å². The van der Waals surface area contributed by atoms with Crippen molar-refractivity contribution in [2.75, 3.05) is 25.6 Å². The molecule has 5 nitrogen and oxygen atoms in total. The standard InChI is InChI=1S/C11H15N3O2/c12-10-2-1-9-8-13-14(11(9)7-10)3-5-16-6-4-15/h1-2,7-8,15H,3-6,12H2. The largest absolute Gasteiger partial charge is 0.399 e. The van der Waals surface area contributed by atoms with Crippen molar-refractivity contribution in [1.29, 1.82) is 0 Å². The fourth-order valence-electron chi connectivity index (χ4n) is 1.58. The van der Waals surface area contributed by atoms with Gasteiger partial charge in [-0.05, 0) is 18.2 Å². The molecule has 0 bridgehead atoms. The first-order valence-electron chi connectivity index (χ1n) is 5.21. The molecule has 0 aliphatic carbocycles. The normalized spacial score (nSPS) is 11.1. The average Bonchev–Trinajstić information content (AvgIpc) is 2.67. The fourth-order valence-corrected chi connectivity index (χ4v) is 1.58. The van der Waals surface area contributed by atoms with Gasteiger partial charge in [0.25, 0.3) is 0 Å². The molecular formula is C11H15N3O2. The summed E-state index contributed by atoms with van der Waals surface area (Å²) in [6.07, 6.45) is 1.81. The summed E-state index contributed by atoms with van der Waals surface area (Å²) in [5.74, 6) is 0. The third-order valence-corrected chi connectivity index (χ3v) is 2.35. The molecule has 1 aromatic heterocycles. The van der Waals surface area contributed by atoms with Gasteiger partial charge >= 0.3 is 0 Å². The molecule has 1 heterocycles. The molecule has 5 heteroatoms. The Labute approximate surface area is 93.4 Å². The lowest BCUT2D eigenvalue weighted by Gasteiger charge is -2.04. The number of hydrogen-bond donors (Lipinski definition) is 2.